The van der Waals surface area contributed by atoms with E-state index in [1.54, 1.807) is 0 Å². The summed E-state index contributed by atoms with van der Waals surface area (Å²) in [6, 6.07) is 3.04. The van der Waals surface area contributed by atoms with Crippen molar-refractivity contribution < 1.29 is 37.0 Å². The quantitative estimate of drug-likeness (QED) is 0.365. The number of halogens is 4. The van der Waals surface area contributed by atoms with E-state index in [-0.39, 0.29) is 16.8 Å². The molecule has 0 saturated heterocycles. The SMILES string of the molecule is C=C/C=C(NC(=O)/C=C/c1ccc(C(F)F)c(OC(F)F)c1)\C(=C/C)C(=O)O. The van der Waals surface area contributed by atoms with Crippen molar-refractivity contribution in [3.8, 4) is 5.75 Å². The number of nitrogens with one attached hydrogen (secondary N) is 1. The Morgan fingerprint density at radius 3 is 2.43 bits per heavy atom. The highest BCUT2D eigenvalue weighted by Crippen LogP contribution is 2.31. The van der Waals surface area contributed by atoms with Crippen LogP contribution in [0.3, 0.4) is 0 Å². The molecular formula is C19H17F4NO4. The number of alkyl halides is 4. The number of ether oxygens (including phenoxy) is 1. The Hall–Kier alpha value is -3.36. The Balaban J connectivity index is 3.04. The molecule has 0 aliphatic heterocycles. The largest absolute Gasteiger partial charge is 0.478 e. The van der Waals surface area contributed by atoms with Gasteiger partial charge in [0.2, 0.25) is 5.91 Å². The molecule has 0 atom stereocenters. The van der Waals surface area contributed by atoms with Crippen LogP contribution in [0.25, 0.3) is 6.08 Å². The number of allylic oxidation sites excluding steroid dienone is 3. The van der Waals surface area contributed by atoms with Gasteiger partial charge in [-0.1, -0.05) is 24.8 Å². The van der Waals surface area contributed by atoms with Crippen LogP contribution in [0, 0.1) is 0 Å². The summed E-state index contributed by atoms with van der Waals surface area (Å²) in [7, 11) is 0. The van der Waals surface area contributed by atoms with Crippen molar-refractivity contribution in [3.05, 3.63) is 71.5 Å². The minimum atomic E-state index is -3.29. The number of carbonyl (C=O) groups is 2. The zero-order chi connectivity index (χ0) is 21.3. The smallest absolute Gasteiger partial charge is 0.387 e. The number of rotatable bonds is 9. The van der Waals surface area contributed by atoms with Crippen molar-refractivity contribution >= 4 is 18.0 Å². The number of aliphatic carboxylic acids is 1. The van der Waals surface area contributed by atoms with Crippen LogP contribution in [0.5, 0.6) is 5.75 Å². The van der Waals surface area contributed by atoms with Gasteiger partial charge in [0.05, 0.1) is 16.8 Å². The number of amides is 1. The molecule has 0 heterocycles. The van der Waals surface area contributed by atoms with Crippen molar-refractivity contribution in [2.75, 3.05) is 0 Å². The summed E-state index contributed by atoms with van der Waals surface area (Å²) in [5.74, 6) is -2.71. The van der Waals surface area contributed by atoms with Crippen LogP contribution in [-0.2, 0) is 9.59 Å². The second kappa shape index (κ2) is 10.7. The first-order chi connectivity index (χ1) is 13.2. The van der Waals surface area contributed by atoms with Gasteiger partial charge in [0, 0.05) is 6.08 Å². The molecule has 9 heteroatoms. The predicted molar refractivity (Wildman–Crippen MR) is 94.9 cm³/mol. The summed E-state index contributed by atoms with van der Waals surface area (Å²) in [6.45, 7) is 1.61. The Bertz CT molecular complexity index is 829. The fourth-order valence-corrected chi connectivity index (χ4v) is 2.09. The van der Waals surface area contributed by atoms with Gasteiger partial charge >= 0.3 is 12.6 Å². The van der Waals surface area contributed by atoms with Gasteiger partial charge < -0.3 is 15.2 Å². The first kappa shape index (κ1) is 22.7. The van der Waals surface area contributed by atoms with Crippen LogP contribution < -0.4 is 10.1 Å². The Morgan fingerprint density at radius 1 is 1.25 bits per heavy atom. The third-order valence-electron chi connectivity index (χ3n) is 3.27. The molecule has 1 rings (SSSR count). The predicted octanol–water partition coefficient (Wildman–Crippen LogP) is 4.46. The summed E-state index contributed by atoms with van der Waals surface area (Å²) >= 11 is 0. The van der Waals surface area contributed by atoms with E-state index in [2.05, 4.69) is 16.6 Å². The molecule has 0 radical (unpaired) electrons. The van der Waals surface area contributed by atoms with Gasteiger partial charge in [-0.25, -0.2) is 13.6 Å². The molecule has 1 aromatic rings. The van der Waals surface area contributed by atoms with Crippen LogP contribution >= 0.6 is 0 Å². The minimum absolute atomic E-state index is 0.0191. The molecular weight excluding hydrogens is 382 g/mol. The summed E-state index contributed by atoms with van der Waals surface area (Å²) in [6.07, 6.45) is 2.97. The summed E-state index contributed by atoms with van der Waals surface area (Å²) in [5.41, 5.74) is -0.754. The van der Waals surface area contributed by atoms with E-state index in [4.69, 9.17) is 5.11 Å². The Kier molecular flexibility index (Phi) is 8.67. The number of carboxylic acid groups (broad SMARTS) is 1. The average Bonchev–Trinajstić information content (AvgIpc) is 2.59. The van der Waals surface area contributed by atoms with Gasteiger partial charge in [-0.3, -0.25) is 4.79 Å². The van der Waals surface area contributed by atoms with Gasteiger partial charge in [0.1, 0.15) is 5.75 Å². The lowest BCUT2D eigenvalue weighted by Gasteiger charge is -2.11. The van der Waals surface area contributed by atoms with Gasteiger partial charge in [-0.05, 0) is 36.8 Å². The van der Waals surface area contributed by atoms with Crippen molar-refractivity contribution in [1.29, 1.82) is 0 Å². The fraction of sp³-hybridized carbons (Fsp3) is 0.158. The Labute approximate surface area is 158 Å². The number of carboxylic acids is 1. The first-order valence-corrected chi connectivity index (χ1v) is 7.78. The molecule has 1 amide bonds. The molecule has 0 aromatic heterocycles. The highest BCUT2D eigenvalue weighted by Gasteiger charge is 2.17. The maximum absolute atomic E-state index is 12.8. The molecule has 0 bridgehead atoms. The fourth-order valence-electron chi connectivity index (χ4n) is 2.09. The molecule has 1 aromatic carbocycles. The van der Waals surface area contributed by atoms with Gasteiger partial charge in [-0.15, -0.1) is 0 Å². The van der Waals surface area contributed by atoms with Gasteiger partial charge in [-0.2, -0.15) is 8.78 Å². The van der Waals surface area contributed by atoms with E-state index in [1.165, 1.54) is 37.3 Å². The first-order valence-electron chi connectivity index (χ1n) is 7.78. The second-order valence-electron chi connectivity index (χ2n) is 5.12. The molecule has 0 aliphatic rings. The molecule has 150 valence electrons. The number of carbonyl (C=O) groups excluding carboxylic acids is 1. The molecule has 0 spiro atoms. The molecule has 5 nitrogen and oxygen atoms in total. The molecule has 0 unspecified atom stereocenters. The van der Waals surface area contributed by atoms with E-state index >= 15 is 0 Å². The molecule has 2 N–H and O–H groups in total. The van der Waals surface area contributed by atoms with Crippen molar-refractivity contribution in [2.45, 2.75) is 20.0 Å². The van der Waals surface area contributed by atoms with E-state index in [1.807, 2.05) is 0 Å². The van der Waals surface area contributed by atoms with Crippen molar-refractivity contribution in [2.24, 2.45) is 0 Å². The summed E-state index contributed by atoms with van der Waals surface area (Å²) in [4.78, 5) is 23.2. The number of benzene rings is 1. The zero-order valence-electron chi connectivity index (χ0n) is 14.7. The normalized spacial score (nSPS) is 12.5. The molecule has 0 saturated carbocycles. The number of hydrogen-bond donors (Lipinski definition) is 2. The maximum Gasteiger partial charge on any atom is 0.387 e. The minimum Gasteiger partial charge on any atom is -0.478 e. The van der Waals surface area contributed by atoms with Gasteiger partial charge in [0.25, 0.3) is 6.43 Å². The highest BCUT2D eigenvalue weighted by molar-refractivity contribution is 5.97. The monoisotopic (exact) mass is 399 g/mol. The van der Waals surface area contributed by atoms with E-state index < -0.39 is 36.2 Å². The summed E-state index contributed by atoms with van der Waals surface area (Å²) in [5, 5.41) is 11.5. The highest BCUT2D eigenvalue weighted by atomic mass is 19.3. The van der Waals surface area contributed by atoms with Gasteiger partial charge in [0.15, 0.2) is 0 Å². The van der Waals surface area contributed by atoms with Crippen LogP contribution in [-0.4, -0.2) is 23.6 Å². The van der Waals surface area contributed by atoms with E-state index in [9.17, 15) is 27.2 Å². The van der Waals surface area contributed by atoms with Crippen LogP contribution in [0.2, 0.25) is 0 Å². The molecule has 0 aliphatic carbocycles. The summed E-state index contributed by atoms with van der Waals surface area (Å²) < 4.78 is 54.5. The molecule has 28 heavy (non-hydrogen) atoms. The average molecular weight is 399 g/mol. The van der Waals surface area contributed by atoms with Crippen LogP contribution in [0.1, 0.15) is 24.5 Å². The van der Waals surface area contributed by atoms with Crippen molar-refractivity contribution in [3.63, 3.8) is 0 Å². The zero-order valence-corrected chi connectivity index (χ0v) is 14.7. The van der Waals surface area contributed by atoms with Crippen LogP contribution in [0.4, 0.5) is 17.6 Å². The van der Waals surface area contributed by atoms with E-state index in [0.29, 0.717) is 0 Å². The van der Waals surface area contributed by atoms with E-state index in [0.717, 1.165) is 18.2 Å². The molecule has 0 fully saturated rings. The lowest BCUT2D eigenvalue weighted by atomic mass is 10.1. The lowest BCUT2D eigenvalue weighted by molar-refractivity contribution is -0.132. The van der Waals surface area contributed by atoms with Crippen molar-refractivity contribution in [1.82, 2.24) is 5.32 Å². The third kappa shape index (κ3) is 6.75. The Morgan fingerprint density at radius 2 is 1.93 bits per heavy atom. The lowest BCUT2D eigenvalue weighted by Crippen LogP contribution is -2.24. The maximum atomic E-state index is 12.8. The standard InChI is InChI=1S/C19H17F4NO4/c1-3-5-14(12(4-2)18(26)27)24-16(25)9-7-11-6-8-13(17(20)21)15(10-11)28-19(22)23/h3-10,17,19H,1H2,2H3,(H,24,25)(H,26,27)/b9-7+,12-4+,14-5+. The second-order valence-corrected chi connectivity index (χ2v) is 5.12. The number of hydrogen-bond acceptors (Lipinski definition) is 3. The van der Waals surface area contributed by atoms with Crippen LogP contribution in [0.15, 0.2) is 60.4 Å². The third-order valence-corrected chi connectivity index (χ3v) is 3.27. The topological polar surface area (TPSA) is 75.6 Å².